The first-order valence-corrected chi connectivity index (χ1v) is 19.1. The van der Waals surface area contributed by atoms with Crippen LogP contribution in [0, 0.1) is 67.6 Å². The van der Waals surface area contributed by atoms with Gasteiger partial charge >= 0.3 is 17.9 Å². The molecule has 6 N–H and O–H groups in total. The van der Waals surface area contributed by atoms with E-state index in [2.05, 4.69) is 55.5 Å². The summed E-state index contributed by atoms with van der Waals surface area (Å²) in [5.74, 6) is -3.21. The number of hydrogen-bond acceptors (Lipinski definition) is 14. The zero-order valence-corrected chi connectivity index (χ0v) is 35.8. The number of pyridine rings is 2. The number of Topliss-reactive ketones (excluding diaryl/α,β-unsaturated/α-hetero) is 1. The molecule has 1 atom stereocenters. The fourth-order valence-corrected chi connectivity index (χ4v) is 4.46. The van der Waals surface area contributed by atoms with Crippen LogP contribution in [0.2, 0.25) is 0 Å². The largest absolute Gasteiger partial charge is 0.481 e. The van der Waals surface area contributed by atoms with Crippen LogP contribution in [0.3, 0.4) is 0 Å². The van der Waals surface area contributed by atoms with Crippen LogP contribution >= 0.6 is 52.5 Å². The van der Waals surface area contributed by atoms with Crippen LogP contribution in [0.4, 0.5) is 0 Å². The molecular formula is C35H47BrN6O10S3. The summed E-state index contributed by atoms with van der Waals surface area (Å²) in [5, 5.41) is 42.4. The van der Waals surface area contributed by atoms with Crippen LogP contribution in [0.5, 0.6) is 0 Å². The van der Waals surface area contributed by atoms with Crippen molar-refractivity contribution in [1.29, 1.82) is 15.8 Å². The summed E-state index contributed by atoms with van der Waals surface area (Å²) in [6.07, 6.45) is 4.12. The first kappa shape index (κ1) is 54.8. The molecule has 55 heavy (non-hydrogen) atoms. The molecule has 302 valence electrons. The van der Waals surface area contributed by atoms with E-state index in [1.165, 1.54) is 26.2 Å². The summed E-state index contributed by atoms with van der Waals surface area (Å²) in [5.41, 5.74) is 7.57. The van der Waals surface area contributed by atoms with E-state index in [9.17, 15) is 28.8 Å². The maximum absolute atomic E-state index is 11.4. The fraction of sp³-hybridized carbons (Fsp3) is 0.486. The molecule has 3 heterocycles. The smallest absolute Gasteiger partial charge is 0.316 e. The van der Waals surface area contributed by atoms with Crippen molar-refractivity contribution in [3.63, 3.8) is 0 Å². The standard InChI is InChI=1S/C10H10N2O3S.C8H8N2OS.C7H12O3.C5H10O.C3H4N2S.C2H3BrO2/c1-5-6(2)9(15)12-10(7(5)3-11)16-4-8(13)14;1-4-5(2)7(11)10-8(12)6(4)3-9;1-4-10-7(9)5(2)6(3)8;1-2-4-6-5-3-1;4-2-1-3(5)6;3-1-2(4)5/h4H2,1-2H3,(H,12,15)(H,13,14);1-2H3,(H2,10,11,12);5H,4H2,1-3H3;1-5H2;1H2,(H2,5,6);1H2,(H,4,5). The van der Waals surface area contributed by atoms with Gasteiger partial charge in [-0.25, -0.2) is 0 Å². The molecule has 16 nitrogen and oxygen atoms in total. The molecule has 0 radical (unpaired) electrons. The van der Waals surface area contributed by atoms with E-state index >= 15 is 0 Å². The Balaban J connectivity index is -0.000000621. The number of aliphatic carboxylic acids is 2. The second kappa shape index (κ2) is 31.8. The van der Waals surface area contributed by atoms with Crippen LogP contribution in [0.1, 0.15) is 79.8 Å². The third-order valence-corrected chi connectivity index (χ3v) is 8.68. The van der Waals surface area contributed by atoms with Gasteiger partial charge in [0.15, 0.2) is 0 Å². The normalized spacial score (nSPS) is 11.2. The van der Waals surface area contributed by atoms with Gasteiger partial charge in [-0.3, -0.25) is 28.8 Å². The van der Waals surface area contributed by atoms with E-state index in [1.807, 2.05) is 12.1 Å². The van der Waals surface area contributed by atoms with Crippen LogP contribution in [-0.2, 0) is 28.7 Å². The summed E-state index contributed by atoms with van der Waals surface area (Å²) >= 11 is 12.0. The Bertz CT molecular complexity index is 1830. The SMILES string of the molecule is C1CCOCC1.CCOC(=O)C(C)C(C)=O.Cc1c(C#N)c(S)[nH]c(=O)c1C.Cc1c(C#N)c(SCC(=O)O)[nH]c(=O)c1C.N#CCC(N)=S.O=C(O)CBr. The number of nitrogens with two attached hydrogens (primary N) is 1. The number of rotatable bonds is 8. The summed E-state index contributed by atoms with van der Waals surface area (Å²) in [7, 11) is 0. The van der Waals surface area contributed by atoms with Gasteiger partial charge in [0, 0.05) is 24.3 Å². The van der Waals surface area contributed by atoms with Crippen molar-refractivity contribution < 1.29 is 38.9 Å². The third kappa shape index (κ3) is 25.2. The molecule has 0 saturated carbocycles. The lowest BCUT2D eigenvalue weighted by Crippen LogP contribution is -2.20. The molecule has 2 aromatic heterocycles. The quantitative estimate of drug-likeness (QED) is 0.0518. The highest BCUT2D eigenvalue weighted by Gasteiger charge is 2.18. The van der Waals surface area contributed by atoms with Crippen LogP contribution < -0.4 is 16.9 Å². The number of carbonyl (C=O) groups excluding carboxylic acids is 2. The van der Waals surface area contributed by atoms with Crippen LogP contribution in [0.15, 0.2) is 19.6 Å². The number of hydrogen-bond donors (Lipinski definition) is 6. The van der Waals surface area contributed by atoms with E-state index in [0.29, 0.717) is 50.0 Å². The molecular weight excluding hydrogens is 841 g/mol. The van der Waals surface area contributed by atoms with E-state index in [0.717, 1.165) is 25.0 Å². The average molecular weight is 888 g/mol. The number of H-pyrrole nitrogens is 2. The maximum Gasteiger partial charge on any atom is 0.316 e. The molecule has 3 rings (SSSR count). The summed E-state index contributed by atoms with van der Waals surface area (Å²) in [4.78, 5) is 68.9. The number of carbonyl (C=O) groups is 4. The van der Waals surface area contributed by atoms with E-state index in [-0.39, 0.29) is 39.4 Å². The van der Waals surface area contributed by atoms with Crippen molar-refractivity contribution >= 4 is 81.2 Å². The molecule has 0 spiro atoms. The molecule has 0 aromatic carbocycles. The Morgan fingerprint density at radius 1 is 0.945 bits per heavy atom. The van der Waals surface area contributed by atoms with Gasteiger partial charge in [-0.15, -0.1) is 12.6 Å². The first-order chi connectivity index (χ1) is 25.7. The molecule has 0 aliphatic carbocycles. The van der Waals surface area contributed by atoms with Crippen molar-refractivity contribution in [3.05, 3.63) is 54.1 Å². The number of ether oxygens (including phenoxy) is 2. The minimum atomic E-state index is -0.993. The van der Waals surface area contributed by atoms with Gasteiger partial charge < -0.3 is 35.4 Å². The zero-order chi connectivity index (χ0) is 43.3. The molecule has 20 heteroatoms. The molecule has 1 fully saturated rings. The monoisotopic (exact) mass is 886 g/mol. The number of ketones is 1. The number of nitrogens with one attached hydrogen (secondary N) is 2. The van der Waals surface area contributed by atoms with Crippen molar-refractivity contribution in [1.82, 2.24) is 9.97 Å². The molecule has 1 unspecified atom stereocenters. The molecule has 1 aliphatic heterocycles. The molecule has 0 bridgehead atoms. The van der Waals surface area contributed by atoms with Gasteiger partial charge in [-0.1, -0.05) is 39.9 Å². The van der Waals surface area contributed by atoms with Gasteiger partial charge in [-0.2, -0.15) is 15.8 Å². The number of alkyl halides is 1. The number of aromatic amines is 2. The average Bonchev–Trinajstić information content (AvgIpc) is 3.14. The van der Waals surface area contributed by atoms with Crippen molar-refractivity contribution in [2.75, 3.05) is 30.9 Å². The number of carboxylic acids is 2. The minimum Gasteiger partial charge on any atom is -0.481 e. The second-order valence-corrected chi connectivity index (χ2v) is 13.3. The number of nitriles is 3. The summed E-state index contributed by atoms with van der Waals surface area (Å²) < 4.78 is 9.67. The number of thiol groups is 1. The molecule has 1 aliphatic rings. The lowest BCUT2D eigenvalue weighted by molar-refractivity contribution is -0.150. The van der Waals surface area contributed by atoms with Gasteiger partial charge in [-0.05, 0) is 78.9 Å². The number of thiocarbonyl (C=S) groups is 1. The fourth-order valence-electron chi connectivity index (χ4n) is 3.30. The molecule has 0 amide bonds. The molecule has 2 aromatic rings. The second-order valence-electron chi connectivity index (χ2n) is 10.8. The Morgan fingerprint density at radius 3 is 1.73 bits per heavy atom. The number of halogens is 1. The van der Waals surface area contributed by atoms with Crippen molar-refractivity contribution in [2.24, 2.45) is 11.7 Å². The van der Waals surface area contributed by atoms with Gasteiger partial charge in [0.2, 0.25) is 0 Å². The van der Waals surface area contributed by atoms with Gasteiger partial charge in [0.25, 0.3) is 11.1 Å². The highest BCUT2D eigenvalue weighted by Crippen LogP contribution is 2.22. The molecule has 1 saturated heterocycles. The Morgan fingerprint density at radius 2 is 1.42 bits per heavy atom. The van der Waals surface area contributed by atoms with Gasteiger partial charge in [0.1, 0.15) is 29.2 Å². The van der Waals surface area contributed by atoms with E-state index in [1.54, 1.807) is 47.6 Å². The highest BCUT2D eigenvalue weighted by atomic mass is 79.9. The topological polar surface area (TPSA) is 290 Å². The summed E-state index contributed by atoms with van der Waals surface area (Å²) in [6.45, 7) is 13.7. The number of carboxylic acid groups (broad SMARTS) is 2. The predicted molar refractivity (Wildman–Crippen MR) is 218 cm³/mol. The Kier molecular flexibility index (Phi) is 31.7. The number of nitrogens with zero attached hydrogens (tertiary/aromatic N) is 3. The Hall–Kier alpha value is -4.52. The minimum absolute atomic E-state index is 0.0347. The number of thioether (sulfide) groups is 1. The third-order valence-electron chi connectivity index (χ3n) is 6.74. The van der Waals surface area contributed by atoms with Crippen molar-refractivity contribution in [2.45, 2.75) is 84.2 Å². The van der Waals surface area contributed by atoms with E-state index in [4.69, 9.17) is 36.5 Å². The van der Waals surface area contributed by atoms with E-state index < -0.39 is 23.8 Å². The zero-order valence-electron chi connectivity index (χ0n) is 31.7. The van der Waals surface area contributed by atoms with Crippen LogP contribution in [-0.4, -0.2) is 79.8 Å². The number of esters is 1. The first-order valence-electron chi connectivity index (χ1n) is 16.2. The van der Waals surface area contributed by atoms with Gasteiger partial charge in [0.05, 0.1) is 51.0 Å². The summed E-state index contributed by atoms with van der Waals surface area (Å²) in [6, 6.07) is 5.76. The number of aromatic nitrogens is 2. The van der Waals surface area contributed by atoms with Crippen LogP contribution in [0.25, 0.3) is 0 Å². The lowest BCUT2D eigenvalue weighted by Gasteiger charge is -2.08. The Labute approximate surface area is 343 Å². The predicted octanol–water partition coefficient (Wildman–Crippen LogP) is 4.81. The van der Waals surface area contributed by atoms with Crippen molar-refractivity contribution in [3.8, 4) is 18.2 Å². The highest BCUT2D eigenvalue weighted by molar-refractivity contribution is 9.09. The maximum atomic E-state index is 11.4. The lowest BCUT2D eigenvalue weighted by atomic mass is 10.1.